The number of carbonyl (C=O) groups excluding carboxylic acids is 5. The molecule has 476 valence electrons. The van der Waals surface area contributed by atoms with Crippen LogP contribution in [0.15, 0.2) is 58.6 Å². The number of aliphatic carboxylic acids is 1. The summed E-state index contributed by atoms with van der Waals surface area (Å²) in [5.41, 5.74) is 0.853. The number of aromatic amines is 1. The quantitative estimate of drug-likeness (QED) is 0.0179. The van der Waals surface area contributed by atoms with E-state index in [0.29, 0.717) is 50.7 Å². The van der Waals surface area contributed by atoms with Gasteiger partial charge >= 0.3 is 5.97 Å². The van der Waals surface area contributed by atoms with Crippen LogP contribution in [0.25, 0.3) is 10.9 Å². The molecule has 14 N–H and O–H groups in total. The van der Waals surface area contributed by atoms with Crippen LogP contribution in [0.3, 0.4) is 0 Å². The number of ether oxygens (including phenoxy) is 1. The molecular formula is C55H84N14O16S. The van der Waals surface area contributed by atoms with Gasteiger partial charge in [0.2, 0.25) is 39.1 Å². The zero-order valence-electron chi connectivity index (χ0n) is 49.4. The zero-order valence-corrected chi connectivity index (χ0v) is 50.2. The molecule has 0 aliphatic carbocycles. The minimum Gasteiger partial charge on any atom is -0.494 e. The highest BCUT2D eigenvalue weighted by Crippen LogP contribution is 2.26. The van der Waals surface area contributed by atoms with Gasteiger partial charge in [-0.3, -0.25) is 43.4 Å². The van der Waals surface area contributed by atoms with E-state index in [1.54, 1.807) is 49.1 Å². The van der Waals surface area contributed by atoms with Gasteiger partial charge in [0.1, 0.15) is 29.4 Å². The number of hydrogen-bond donors (Lipinski definition) is 14. The van der Waals surface area contributed by atoms with Crippen molar-refractivity contribution in [2.75, 3.05) is 111 Å². The summed E-state index contributed by atoms with van der Waals surface area (Å²) in [7, 11) is -0.907. The first-order valence-electron chi connectivity index (χ1n) is 28.3. The molecule has 1 fully saturated rings. The molecule has 2 aromatic heterocycles. The molecule has 0 radical (unpaired) electrons. The maximum Gasteiger partial charge on any atom is 0.323 e. The fraction of sp³-hybridized carbons (Fsp3) is 0.564. The minimum atomic E-state index is -4.53. The lowest BCUT2D eigenvalue weighted by molar-refractivity contribution is -0.316. The van der Waals surface area contributed by atoms with Crippen LogP contribution in [0.1, 0.15) is 66.6 Å². The lowest BCUT2D eigenvalue weighted by Crippen LogP contribution is -2.57. The summed E-state index contributed by atoms with van der Waals surface area (Å²) in [6.45, 7) is 11.7. The minimum absolute atomic E-state index is 0.00928. The van der Waals surface area contributed by atoms with Gasteiger partial charge in [-0.25, -0.2) is 13.4 Å². The van der Waals surface area contributed by atoms with Gasteiger partial charge in [0.25, 0.3) is 11.9 Å². The van der Waals surface area contributed by atoms with Gasteiger partial charge < -0.3 is 86.6 Å². The van der Waals surface area contributed by atoms with Gasteiger partial charge in [0.15, 0.2) is 12.2 Å². The lowest BCUT2D eigenvalue weighted by atomic mass is 10.1. The number of benzene rings is 2. The molecule has 30 nitrogen and oxygen atoms in total. The van der Waals surface area contributed by atoms with Crippen molar-refractivity contribution in [1.82, 2.24) is 65.4 Å². The van der Waals surface area contributed by atoms with E-state index >= 15 is 0 Å². The predicted molar refractivity (Wildman–Crippen MR) is 315 cm³/mol. The highest BCUT2D eigenvalue weighted by Gasteiger charge is 2.34. The molecule has 1 unspecified atom stereocenters. The summed E-state index contributed by atoms with van der Waals surface area (Å²) in [4.78, 5) is 107. The molecule has 1 aliphatic heterocycles. The van der Waals surface area contributed by atoms with Crippen molar-refractivity contribution in [3.05, 3.63) is 81.4 Å². The van der Waals surface area contributed by atoms with E-state index in [4.69, 9.17) is 4.74 Å². The Hall–Kier alpha value is -7.17. The van der Waals surface area contributed by atoms with Gasteiger partial charge in [0.05, 0.1) is 30.0 Å². The third-order valence-electron chi connectivity index (χ3n) is 14.3. The van der Waals surface area contributed by atoms with Crippen molar-refractivity contribution in [2.45, 2.75) is 95.2 Å². The number of nitrogens with zero attached hydrogens (tertiary/aromatic N) is 6. The number of aliphatic hydroxyl groups is 5. The zero-order chi connectivity index (χ0) is 63.3. The molecule has 3 atom stereocenters. The number of H-pyrrole nitrogens is 1. The average Bonchev–Trinajstić information content (AvgIpc) is 1.65. The van der Waals surface area contributed by atoms with Crippen LogP contribution in [-0.2, 0) is 47.6 Å². The van der Waals surface area contributed by atoms with Gasteiger partial charge in [-0.15, -0.1) is 0 Å². The number of carbonyl (C=O) groups is 6. The normalized spacial score (nSPS) is 15.6. The Kier molecular flexibility index (Phi) is 26.8. The number of carboxylic acids is 1. The van der Waals surface area contributed by atoms with E-state index in [-0.39, 0.29) is 84.8 Å². The monoisotopic (exact) mass is 1230 g/mol. The summed E-state index contributed by atoms with van der Waals surface area (Å²) in [6, 6.07) is 3.21. The third kappa shape index (κ3) is 22.3. The van der Waals surface area contributed by atoms with Crippen molar-refractivity contribution < 1.29 is 72.6 Å². The number of aliphatic hydroxyl groups excluding tert-OH is 1. The number of likely N-dealkylation sites (N-methyl/N-ethyl adjacent to an activating group) is 2. The summed E-state index contributed by atoms with van der Waals surface area (Å²) in [5.74, 6) is -7.79. The first-order chi connectivity index (χ1) is 40.7. The van der Waals surface area contributed by atoms with Gasteiger partial charge in [-0.2, -0.15) is 4.72 Å². The molecule has 2 aromatic carbocycles. The Labute approximate surface area is 498 Å². The molecule has 1 saturated heterocycles. The van der Waals surface area contributed by atoms with E-state index in [9.17, 15) is 72.6 Å². The number of imidazole rings is 1. The Morgan fingerprint density at radius 3 is 2.08 bits per heavy atom. The number of aryl methyl sites for hydroxylation is 3. The molecule has 0 bridgehead atoms. The highest BCUT2D eigenvalue weighted by molar-refractivity contribution is 7.89. The molecule has 0 spiro atoms. The molecule has 3 heterocycles. The number of aromatic nitrogens is 3. The van der Waals surface area contributed by atoms with Crippen molar-refractivity contribution in [1.29, 1.82) is 0 Å². The number of fused-ring (bicyclic) bond motifs is 1. The largest absolute Gasteiger partial charge is 0.494 e. The first kappa shape index (κ1) is 69.6. The van der Waals surface area contributed by atoms with Gasteiger partial charge in [0, 0.05) is 123 Å². The smallest absolute Gasteiger partial charge is 0.323 e. The molecule has 31 heteroatoms. The molecule has 5 amide bonds. The molecule has 86 heavy (non-hydrogen) atoms. The number of rotatable bonds is 30. The summed E-state index contributed by atoms with van der Waals surface area (Å²) in [6.07, 6.45) is 2.22. The fourth-order valence-corrected chi connectivity index (χ4v) is 11.2. The molecule has 5 rings (SSSR count). The van der Waals surface area contributed by atoms with Crippen LogP contribution in [0.4, 0.5) is 5.95 Å². The lowest BCUT2D eigenvalue weighted by Gasteiger charge is -2.33. The molecule has 1 aliphatic rings. The number of carboxylic acid groups (broad SMARTS) is 1. The fourth-order valence-electron chi connectivity index (χ4n) is 9.58. The number of amides is 5. The van der Waals surface area contributed by atoms with Crippen LogP contribution in [-0.4, -0.2) is 244 Å². The maximum absolute atomic E-state index is 13.7. The SMILES string of the molecule is CC[C@H](NC(=O)CN1CCN(C)CCN(CC)CCN(CC(O)O)CC1)C(=O)N[C@@H](CC(O)(O)O)C(=O)NCCNC(=O)CCCOc1cc(C)c(S(=O)(=O)NC(CNC(=O)c2cn(C)c3cc(CNc4ncc[nH]4)ccc3c2=O)C(=O)O)c(C)c1. The van der Waals surface area contributed by atoms with Crippen LogP contribution >= 0.6 is 0 Å². The van der Waals surface area contributed by atoms with E-state index in [2.05, 4.69) is 63.3 Å². The second-order valence-corrected chi connectivity index (χ2v) is 22.8. The number of pyridine rings is 1. The molecular weight excluding hydrogens is 1140 g/mol. The second-order valence-electron chi connectivity index (χ2n) is 21.2. The summed E-state index contributed by atoms with van der Waals surface area (Å²) in [5, 5.41) is 74.6. The predicted octanol–water partition coefficient (Wildman–Crippen LogP) is -3.37. The first-order valence-corrected chi connectivity index (χ1v) is 29.8. The third-order valence-corrected chi connectivity index (χ3v) is 16.0. The van der Waals surface area contributed by atoms with E-state index in [1.165, 1.54) is 32.2 Å². The van der Waals surface area contributed by atoms with Crippen LogP contribution < -0.4 is 46.8 Å². The molecule has 4 aromatic rings. The Morgan fingerprint density at radius 1 is 0.802 bits per heavy atom. The Balaban J connectivity index is 1.06. The van der Waals surface area contributed by atoms with Crippen LogP contribution in [0.2, 0.25) is 0 Å². The van der Waals surface area contributed by atoms with Crippen LogP contribution in [0.5, 0.6) is 5.75 Å². The summed E-state index contributed by atoms with van der Waals surface area (Å²) >= 11 is 0. The topological polar surface area (TPSA) is 415 Å². The standard InChI is InChI=1S/C55H84N14O16S/c1-7-41(62-46(71)33-68-20-18-65(5)17-19-67(8-2)21-22-69(24-23-68)34-47(72)73)52(77)63-42(29-55(80,81)82)51(76)57-14-13-56-45(70)10-9-25-85-38-26-35(3)49(36(4)27-38)86(83,84)64-43(53(78)79)31-60-50(75)40-32-66(6)44-28-37(11-12-39(44)48(40)74)30-61-54-58-15-16-59-54/h11-12,15-16,26-28,32,41-43,47,64,72-73,80-82H,7-10,13-14,17-25,29-31,33-34H2,1-6H3,(H,56,70)(H,57,76)(H,60,75)(H,62,71)(H,63,77)(H,78,79)(H2,58,59,61)/t41-,42-,43?/m0/s1. The Bertz CT molecular complexity index is 3080. The Morgan fingerprint density at radius 2 is 1.45 bits per heavy atom. The van der Waals surface area contributed by atoms with E-state index < -0.39 is 94.3 Å². The highest BCUT2D eigenvalue weighted by atomic mass is 32.2. The number of nitrogens with one attached hydrogen (secondary N) is 8. The van der Waals surface area contributed by atoms with Gasteiger partial charge in [-0.1, -0.05) is 19.9 Å². The average molecular weight is 1230 g/mol. The number of hydrogen-bond acceptors (Lipinski definition) is 21. The second kappa shape index (κ2) is 33.1. The summed E-state index contributed by atoms with van der Waals surface area (Å²) < 4.78 is 36.9. The number of sulfonamides is 1. The van der Waals surface area contributed by atoms with Crippen molar-refractivity contribution in [2.24, 2.45) is 7.05 Å². The maximum atomic E-state index is 13.7. The number of β-amino-alcohol motifs (C(OH)–C–C–N with tert-alkyl or cyclic N) is 2. The van der Waals surface area contributed by atoms with Gasteiger partial charge in [-0.05, 0) is 81.2 Å². The number of anilines is 1. The van der Waals surface area contributed by atoms with Crippen LogP contribution in [0, 0.1) is 13.8 Å². The van der Waals surface area contributed by atoms with Crippen molar-refractivity contribution >= 4 is 62.4 Å². The van der Waals surface area contributed by atoms with E-state index in [1.807, 2.05) is 16.8 Å². The van der Waals surface area contributed by atoms with E-state index in [0.717, 1.165) is 31.7 Å². The van der Waals surface area contributed by atoms with Crippen molar-refractivity contribution in [3.8, 4) is 5.75 Å². The molecule has 0 saturated carbocycles. The van der Waals surface area contributed by atoms with Crippen molar-refractivity contribution in [3.63, 3.8) is 0 Å².